The van der Waals surface area contributed by atoms with E-state index in [0.717, 1.165) is 5.56 Å². The Labute approximate surface area is 162 Å². The maximum Gasteiger partial charge on any atom is 0.255 e. The number of rotatable bonds is 4. The van der Waals surface area contributed by atoms with E-state index in [9.17, 15) is 9.59 Å². The van der Waals surface area contributed by atoms with Crippen LogP contribution in [0, 0.1) is 6.92 Å². The summed E-state index contributed by atoms with van der Waals surface area (Å²) >= 11 is 3.94. The molecule has 1 fully saturated rings. The number of anilines is 1. The molecule has 0 saturated carbocycles. The molecule has 1 aliphatic heterocycles. The quantitative estimate of drug-likeness (QED) is 0.814. The minimum atomic E-state index is -0.142. The summed E-state index contributed by atoms with van der Waals surface area (Å²) in [5.41, 5.74) is 4.04. The van der Waals surface area contributed by atoms with E-state index in [-0.39, 0.29) is 11.8 Å². The van der Waals surface area contributed by atoms with Gasteiger partial charge in [0.05, 0.1) is 4.58 Å². The van der Waals surface area contributed by atoms with Crippen LogP contribution in [0.1, 0.15) is 42.8 Å². The minimum absolute atomic E-state index is 0.139. The fraction of sp³-hybridized carbons (Fsp3) is 0.300. The van der Waals surface area contributed by atoms with Gasteiger partial charge in [-0.2, -0.15) is 0 Å². The van der Waals surface area contributed by atoms with Gasteiger partial charge in [-0.25, -0.2) is 0 Å². The molecule has 3 rings (SSSR count). The Bertz CT molecular complexity index is 800. The van der Waals surface area contributed by atoms with Crippen LogP contribution in [-0.2, 0) is 0 Å². The highest BCUT2D eigenvalue weighted by Gasteiger charge is 2.17. The molecule has 26 heavy (non-hydrogen) atoms. The van der Waals surface area contributed by atoms with Crippen LogP contribution < -0.4 is 10.6 Å². The SMILES string of the molecule is CNC(=O)c1ccc(NC(=O)c2ccc(C3SCCCS3)cc2)c(C)c1. The lowest BCUT2D eigenvalue weighted by atomic mass is 10.1. The number of thioether (sulfide) groups is 2. The van der Waals surface area contributed by atoms with E-state index in [0.29, 0.717) is 21.4 Å². The van der Waals surface area contributed by atoms with Crippen molar-refractivity contribution in [2.24, 2.45) is 0 Å². The second-order valence-electron chi connectivity index (χ2n) is 6.11. The molecule has 6 heteroatoms. The monoisotopic (exact) mass is 386 g/mol. The van der Waals surface area contributed by atoms with Gasteiger partial charge in [-0.1, -0.05) is 12.1 Å². The molecule has 0 atom stereocenters. The number of nitrogens with one attached hydrogen (secondary N) is 2. The van der Waals surface area contributed by atoms with Crippen molar-refractivity contribution in [3.05, 3.63) is 64.7 Å². The van der Waals surface area contributed by atoms with Crippen molar-refractivity contribution in [1.82, 2.24) is 5.32 Å². The second kappa shape index (κ2) is 8.64. The maximum atomic E-state index is 12.5. The topological polar surface area (TPSA) is 58.2 Å². The number of benzene rings is 2. The molecule has 0 spiro atoms. The van der Waals surface area contributed by atoms with Crippen LogP contribution in [0.3, 0.4) is 0 Å². The Morgan fingerprint density at radius 2 is 1.62 bits per heavy atom. The van der Waals surface area contributed by atoms with Crippen molar-refractivity contribution in [2.45, 2.75) is 17.9 Å². The number of hydrogen-bond acceptors (Lipinski definition) is 4. The summed E-state index contributed by atoms with van der Waals surface area (Å²) < 4.78 is 0.473. The zero-order chi connectivity index (χ0) is 18.5. The predicted molar refractivity (Wildman–Crippen MR) is 111 cm³/mol. The van der Waals surface area contributed by atoms with Crippen LogP contribution in [0.25, 0.3) is 0 Å². The summed E-state index contributed by atoms with van der Waals surface area (Å²) in [5.74, 6) is 2.12. The van der Waals surface area contributed by atoms with Gasteiger partial charge < -0.3 is 10.6 Å². The van der Waals surface area contributed by atoms with E-state index in [2.05, 4.69) is 10.6 Å². The average Bonchev–Trinajstić information content (AvgIpc) is 2.69. The molecule has 2 N–H and O–H groups in total. The summed E-state index contributed by atoms with van der Waals surface area (Å²) in [7, 11) is 1.60. The molecule has 0 bridgehead atoms. The summed E-state index contributed by atoms with van der Waals surface area (Å²) in [4.78, 5) is 24.2. The van der Waals surface area contributed by atoms with Crippen LogP contribution in [-0.4, -0.2) is 30.4 Å². The maximum absolute atomic E-state index is 12.5. The van der Waals surface area contributed by atoms with E-state index in [1.807, 2.05) is 54.7 Å². The summed E-state index contributed by atoms with van der Waals surface area (Å²) in [6.07, 6.45) is 1.27. The Morgan fingerprint density at radius 1 is 0.962 bits per heavy atom. The first-order valence-corrected chi connectivity index (χ1v) is 10.7. The molecule has 2 aromatic carbocycles. The van der Waals surface area contributed by atoms with E-state index < -0.39 is 0 Å². The number of carbonyl (C=O) groups excluding carboxylic acids is 2. The Kier molecular flexibility index (Phi) is 6.27. The third-order valence-electron chi connectivity index (χ3n) is 4.24. The third-order valence-corrected chi connectivity index (χ3v) is 7.25. The molecule has 0 radical (unpaired) electrons. The molecular formula is C20H22N2O2S2. The van der Waals surface area contributed by atoms with Gasteiger partial charge in [0, 0.05) is 23.9 Å². The lowest BCUT2D eigenvalue weighted by Crippen LogP contribution is -2.18. The lowest BCUT2D eigenvalue weighted by Gasteiger charge is -2.21. The first-order chi connectivity index (χ1) is 12.6. The van der Waals surface area contributed by atoms with Gasteiger partial charge in [-0.15, -0.1) is 23.5 Å². The first kappa shape index (κ1) is 18.9. The molecule has 1 aliphatic rings. The van der Waals surface area contributed by atoms with Crippen molar-refractivity contribution in [3.8, 4) is 0 Å². The molecule has 2 aromatic rings. The fourth-order valence-corrected chi connectivity index (χ4v) is 5.65. The van der Waals surface area contributed by atoms with Crippen molar-refractivity contribution in [2.75, 3.05) is 23.9 Å². The Hall–Kier alpha value is -1.92. The van der Waals surface area contributed by atoms with Gasteiger partial charge >= 0.3 is 0 Å². The van der Waals surface area contributed by atoms with E-state index in [4.69, 9.17) is 0 Å². The van der Waals surface area contributed by atoms with Crippen LogP contribution >= 0.6 is 23.5 Å². The zero-order valence-electron chi connectivity index (χ0n) is 14.9. The number of aryl methyl sites for hydroxylation is 1. The largest absolute Gasteiger partial charge is 0.355 e. The number of amides is 2. The van der Waals surface area contributed by atoms with Crippen molar-refractivity contribution >= 4 is 41.0 Å². The fourth-order valence-electron chi connectivity index (χ4n) is 2.76. The van der Waals surface area contributed by atoms with Gasteiger partial charge in [-0.05, 0) is 66.3 Å². The Balaban J connectivity index is 1.69. The highest BCUT2D eigenvalue weighted by Crippen LogP contribution is 2.43. The standard InChI is InChI=1S/C20H22N2O2S2/c1-13-12-16(18(23)21-2)8-9-17(13)22-19(24)14-4-6-15(7-5-14)20-25-10-3-11-26-20/h4-9,12,20H,3,10-11H2,1-2H3,(H,21,23)(H,22,24). The normalized spacial score (nSPS) is 14.7. The van der Waals surface area contributed by atoms with Gasteiger partial charge in [0.1, 0.15) is 0 Å². The number of hydrogen-bond donors (Lipinski definition) is 2. The van der Waals surface area contributed by atoms with E-state index in [1.54, 1.807) is 25.2 Å². The molecular weight excluding hydrogens is 364 g/mol. The third kappa shape index (κ3) is 4.43. The summed E-state index contributed by atoms with van der Waals surface area (Å²) in [6.45, 7) is 1.88. The molecule has 4 nitrogen and oxygen atoms in total. The lowest BCUT2D eigenvalue weighted by molar-refractivity contribution is 0.0962. The highest BCUT2D eigenvalue weighted by molar-refractivity contribution is 8.16. The number of carbonyl (C=O) groups is 2. The molecule has 0 aliphatic carbocycles. The molecule has 0 aromatic heterocycles. The van der Waals surface area contributed by atoms with Gasteiger partial charge in [0.25, 0.3) is 11.8 Å². The van der Waals surface area contributed by atoms with Crippen LogP contribution in [0.4, 0.5) is 5.69 Å². The van der Waals surface area contributed by atoms with Crippen LogP contribution in [0.15, 0.2) is 42.5 Å². The second-order valence-corrected chi connectivity index (χ2v) is 8.84. The van der Waals surface area contributed by atoms with Crippen molar-refractivity contribution in [3.63, 3.8) is 0 Å². The molecule has 0 unspecified atom stereocenters. The zero-order valence-corrected chi connectivity index (χ0v) is 16.5. The van der Waals surface area contributed by atoms with Crippen LogP contribution in [0.5, 0.6) is 0 Å². The predicted octanol–water partition coefficient (Wildman–Crippen LogP) is 4.48. The highest BCUT2D eigenvalue weighted by atomic mass is 32.2. The molecule has 1 saturated heterocycles. The van der Waals surface area contributed by atoms with Crippen molar-refractivity contribution in [1.29, 1.82) is 0 Å². The van der Waals surface area contributed by atoms with E-state index in [1.165, 1.54) is 23.5 Å². The smallest absolute Gasteiger partial charge is 0.255 e. The van der Waals surface area contributed by atoms with E-state index >= 15 is 0 Å². The Morgan fingerprint density at radius 3 is 2.23 bits per heavy atom. The van der Waals surface area contributed by atoms with Gasteiger partial charge in [0.2, 0.25) is 0 Å². The summed E-state index contributed by atoms with van der Waals surface area (Å²) in [5, 5.41) is 5.53. The van der Waals surface area contributed by atoms with Crippen LogP contribution in [0.2, 0.25) is 0 Å². The van der Waals surface area contributed by atoms with Crippen molar-refractivity contribution < 1.29 is 9.59 Å². The van der Waals surface area contributed by atoms with Gasteiger partial charge in [-0.3, -0.25) is 9.59 Å². The average molecular weight is 387 g/mol. The first-order valence-electron chi connectivity index (χ1n) is 8.56. The summed E-state index contributed by atoms with van der Waals surface area (Å²) in [6, 6.07) is 13.1. The molecule has 1 heterocycles. The molecule has 136 valence electrons. The molecule has 2 amide bonds. The minimum Gasteiger partial charge on any atom is -0.355 e. The van der Waals surface area contributed by atoms with Gasteiger partial charge in [0.15, 0.2) is 0 Å².